The van der Waals surface area contributed by atoms with Crippen LogP contribution in [0, 0.1) is 0 Å². The Morgan fingerprint density at radius 2 is 1.23 bits per heavy atom. The maximum atomic E-state index is 10.7. The molecule has 0 aromatic rings. The predicted molar refractivity (Wildman–Crippen MR) is 148 cm³/mol. The standard InChI is InChI=1S/C28H57NO11/c1-2-3-4-5-6-7-8-9-10-11-12-13-14-15-16-29-40-22(19-32)24(35)27(20(33)17-30)39-28-26(37)25(36)23(34)21(18-31)38-28/h20-37H,2-19H2,1H3. The summed E-state index contributed by atoms with van der Waals surface area (Å²) < 4.78 is 10.7. The molecule has 1 saturated heterocycles. The summed E-state index contributed by atoms with van der Waals surface area (Å²) in [7, 11) is 0. The number of rotatable bonds is 25. The molecule has 1 heterocycles. The molecule has 0 aromatic carbocycles. The highest BCUT2D eigenvalue weighted by Crippen LogP contribution is 2.25. The monoisotopic (exact) mass is 583 g/mol. The molecule has 12 nitrogen and oxygen atoms in total. The summed E-state index contributed by atoms with van der Waals surface area (Å²) in [6.45, 7) is 0.542. The molecule has 9 unspecified atom stereocenters. The third-order valence-corrected chi connectivity index (χ3v) is 7.47. The van der Waals surface area contributed by atoms with Crippen LogP contribution in [-0.4, -0.2) is 122 Å². The zero-order valence-corrected chi connectivity index (χ0v) is 24.2. The van der Waals surface area contributed by atoms with E-state index >= 15 is 0 Å². The lowest BCUT2D eigenvalue weighted by Crippen LogP contribution is -2.61. The van der Waals surface area contributed by atoms with Gasteiger partial charge in [0, 0.05) is 6.54 Å². The molecule has 0 radical (unpaired) electrons. The molecule has 0 aliphatic carbocycles. The Morgan fingerprint density at radius 1 is 0.700 bits per heavy atom. The fourth-order valence-corrected chi connectivity index (χ4v) is 4.82. The van der Waals surface area contributed by atoms with Crippen molar-refractivity contribution in [1.29, 1.82) is 0 Å². The van der Waals surface area contributed by atoms with Gasteiger partial charge in [-0.25, -0.2) is 5.48 Å². The Balaban J connectivity index is 2.30. The van der Waals surface area contributed by atoms with Gasteiger partial charge in [0.1, 0.15) is 48.8 Å². The van der Waals surface area contributed by atoms with Crippen LogP contribution in [-0.2, 0) is 14.3 Å². The zero-order valence-electron chi connectivity index (χ0n) is 24.2. The summed E-state index contributed by atoms with van der Waals surface area (Å²) in [5.74, 6) is 0. The summed E-state index contributed by atoms with van der Waals surface area (Å²) in [4.78, 5) is 5.38. The van der Waals surface area contributed by atoms with Gasteiger partial charge in [-0.05, 0) is 6.42 Å². The van der Waals surface area contributed by atoms with Gasteiger partial charge < -0.3 is 50.3 Å². The van der Waals surface area contributed by atoms with Crippen molar-refractivity contribution >= 4 is 0 Å². The molecule has 0 saturated carbocycles. The minimum atomic E-state index is -1.77. The number of unbranched alkanes of at least 4 members (excludes halogenated alkanes) is 13. The second-order valence-electron chi connectivity index (χ2n) is 10.9. The highest BCUT2D eigenvalue weighted by Gasteiger charge is 2.47. The molecule has 1 aliphatic heterocycles. The number of hydrogen-bond donors (Lipinski definition) is 9. The van der Waals surface area contributed by atoms with Gasteiger partial charge in [-0.1, -0.05) is 90.4 Å². The Hall–Kier alpha value is -0.480. The van der Waals surface area contributed by atoms with Gasteiger partial charge in [0.15, 0.2) is 6.29 Å². The summed E-state index contributed by atoms with van der Waals surface area (Å²) in [5.41, 5.74) is 2.71. The molecular formula is C28H57NO11. The van der Waals surface area contributed by atoms with Gasteiger partial charge >= 0.3 is 0 Å². The van der Waals surface area contributed by atoms with E-state index in [-0.39, 0.29) is 0 Å². The van der Waals surface area contributed by atoms with Crippen molar-refractivity contribution in [2.24, 2.45) is 0 Å². The van der Waals surface area contributed by atoms with Crippen LogP contribution in [0.5, 0.6) is 0 Å². The van der Waals surface area contributed by atoms with Crippen molar-refractivity contribution in [2.75, 3.05) is 26.4 Å². The molecule has 0 aromatic heterocycles. The van der Waals surface area contributed by atoms with E-state index in [9.17, 15) is 40.9 Å². The fourth-order valence-electron chi connectivity index (χ4n) is 4.82. The van der Waals surface area contributed by atoms with Gasteiger partial charge in [-0.2, -0.15) is 0 Å². The van der Waals surface area contributed by atoms with Crippen molar-refractivity contribution in [3.05, 3.63) is 0 Å². The van der Waals surface area contributed by atoms with Crippen molar-refractivity contribution < 1.29 is 55.2 Å². The summed E-state index contributed by atoms with van der Waals surface area (Å²) >= 11 is 0. The van der Waals surface area contributed by atoms with Gasteiger partial charge in [0.2, 0.25) is 0 Å². The largest absolute Gasteiger partial charge is 0.394 e. The predicted octanol–water partition coefficient (Wildman–Crippen LogP) is 0.249. The Kier molecular flexibility index (Phi) is 21.6. The van der Waals surface area contributed by atoms with Crippen LogP contribution < -0.4 is 5.48 Å². The smallest absolute Gasteiger partial charge is 0.187 e. The number of hydrogen-bond acceptors (Lipinski definition) is 12. The van der Waals surface area contributed by atoms with E-state index in [1.165, 1.54) is 70.6 Å². The third kappa shape index (κ3) is 14.1. The van der Waals surface area contributed by atoms with E-state index in [1.807, 2.05) is 0 Å². The van der Waals surface area contributed by atoms with Gasteiger partial charge in [0.05, 0.1) is 19.8 Å². The van der Waals surface area contributed by atoms with Crippen molar-refractivity contribution in [2.45, 2.75) is 152 Å². The molecule has 1 rings (SSSR count). The van der Waals surface area contributed by atoms with Gasteiger partial charge in [0.25, 0.3) is 0 Å². The van der Waals surface area contributed by atoms with Crippen molar-refractivity contribution in [1.82, 2.24) is 5.48 Å². The average molecular weight is 584 g/mol. The van der Waals surface area contributed by atoms with Crippen LogP contribution in [0.3, 0.4) is 0 Å². The molecule has 9 N–H and O–H groups in total. The summed E-state index contributed by atoms with van der Waals surface area (Å²) in [6, 6.07) is 0. The van der Waals surface area contributed by atoms with Crippen LogP contribution in [0.2, 0.25) is 0 Å². The SMILES string of the molecule is CCCCCCCCCCCCCCCCNOC(CO)C(O)C(OC1OC(CO)C(O)C(O)C1O)C(O)CO. The van der Waals surface area contributed by atoms with E-state index in [0.717, 1.165) is 19.3 Å². The molecule has 1 fully saturated rings. The minimum Gasteiger partial charge on any atom is -0.394 e. The number of aliphatic hydroxyl groups excluding tert-OH is 8. The second-order valence-corrected chi connectivity index (χ2v) is 10.9. The zero-order chi connectivity index (χ0) is 29.8. The number of aliphatic hydroxyl groups is 8. The highest BCUT2D eigenvalue weighted by atomic mass is 16.7. The number of nitrogens with one attached hydrogen (secondary N) is 1. The first-order valence-electron chi connectivity index (χ1n) is 15.2. The summed E-state index contributed by atoms with van der Waals surface area (Å²) in [5, 5.41) is 79.5. The quantitative estimate of drug-likeness (QED) is 0.0525. The Bertz CT molecular complexity index is 588. The van der Waals surface area contributed by atoms with Gasteiger partial charge in [-0.15, -0.1) is 0 Å². The van der Waals surface area contributed by atoms with E-state index < -0.39 is 74.9 Å². The maximum Gasteiger partial charge on any atom is 0.187 e. The molecule has 12 heteroatoms. The highest BCUT2D eigenvalue weighted by molar-refractivity contribution is 4.91. The molecule has 40 heavy (non-hydrogen) atoms. The summed E-state index contributed by atoms with van der Waals surface area (Å²) in [6.07, 6.45) is 3.13. The van der Waals surface area contributed by atoms with E-state index in [4.69, 9.17) is 14.3 Å². The van der Waals surface area contributed by atoms with E-state index in [2.05, 4.69) is 12.4 Å². The molecule has 9 atom stereocenters. The van der Waals surface area contributed by atoms with Crippen LogP contribution in [0.1, 0.15) is 96.8 Å². The van der Waals surface area contributed by atoms with E-state index in [0.29, 0.717) is 6.54 Å². The van der Waals surface area contributed by atoms with Crippen LogP contribution >= 0.6 is 0 Å². The minimum absolute atomic E-state index is 0.474. The second kappa shape index (κ2) is 23.0. The lowest BCUT2D eigenvalue weighted by atomic mass is 9.98. The molecule has 0 amide bonds. The Morgan fingerprint density at radius 3 is 1.70 bits per heavy atom. The first kappa shape index (κ1) is 37.5. The lowest BCUT2D eigenvalue weighted by Gasteiger charge is -2.42. The fraction of sp³-hybridized carbons (Fsp3) is 1.00. The van der Waals surface area contributed by atoms with Crippen molar-refractivity contribution in [3.8, 4) is 0 Å². The molecule has 1 aliphatic rings. The van der Waals surface area contributed by atoms with Crippen LogP contribution in [0.15, 0.2) is 0 Å². The van der Waals surface area contributed by atoms with Crippen molar-refractivity contribution in [3.63, 3.8) is 0 Å². The maximum absolute atomic E-state index is 10.7. The van der Waals surface area contributed by atoms with Crippen LogP contribution in [0.25, 0.3) is 0 Å². The number of ether oxygens (including phenoxy) is 2. The van der Waals surface area contributed by atoms with Gasteiger partial charge in [-0.3, -0.25) is 4.84 Å². The normalized spacial score (nSPS) is 26.5. The first-order valence-corrected chi connectivity index (χ1v) is 15.2. The van der Waals surface area contributed by atoms with Crippen LogP contribution in [0.4, 0.5) is 0 Å². The third-order valence-electron chi connectivity index (χ3n) is 7.47. The molecular weight excluding hydrogens is 526 g/mol. The average Bonchev–Trinajstić information content (AvgIpc) is 2.96. The first-order chi connectivity index (χ1) is 19.3. The number of hydroxylamine groups is 1. The van der Waals surface area contributed by atoms with E-state index in [1.54, 1.807) is 0 Å². The topological polar surface area (TPSA) is 202 Å². The lowest BCUT2D eigenvalue weighted by molar-refractivity contribution is -0.328. The Labute approximate surface area is 239 Å². The molecule has 0 bridgehead atoms. The molecule has 240 valence electrons. The molecule has 0 spiro atoms.